The molecule has 13 heteroatoms. The fourth-order valence-electron chi connectivity index (χ4n) is 6.75. The van der Waals surface area contributed by atoms with Crippen LogP contribution in [0.4, 0.5) is 0 Å². The predicted molar refractivity (Wildman–Crippen MR) is 209 cm³/mol. The Morgan fingerprint density at radius 1 is 0.736 bits per heavy atom. The minimum Gasteiger partial charge on any atom is -0.394 e. The number of aliphatic hydroxyl groups excluding tert-OH is 4. The summed E-state index contributed by atoms with van der Waals surface area (Å²) < 4.78 is 47.4. The van der Waals surface area contributed by atoms with Crippen LogP contribution >= 0.6 is 0 Å². The molecule has 1 amide bonds. The van der Waals surface area contributed by atoms with Crippen molar-refractivity contribution in [2.75, 3.05) is 13.2 Å². The van der Waals surface area contributed by atoms with Crippen molar-refractivity contribution in [3.8, 4) is 0 Å². The Morgan fingerprint density at radius 3 is 1.64 bits per heavy atom. The van der Waals surface area contributed by atoms with Crippen LogP contribution in [0, 0.1) is 0 Å². The number of amides is 1. The number of carbonyl (C=O) groups is 1. The first-order chi connectivity index (χ1) is 25.5. The first-order valence-corrected chi connectivity index (χ1v) is 22.4. The normalized spacial score (nSPS) is 22.0. The summed E-state index contributed by atoms with van der Waals surface area (Å²) >= 11 is 0. The lowest BCUT2D eigenvalue weighted by Gasteiger charge is -2.41. The molecule has 1 saturated heterocycles. The molecule has 53 heavy (non-hydrogen) atoms. The lowest BCUT2D eigenvalue weighted by molar-refractivity contribution is -0.298. The summed E-state index contributed by atoms with van der Waals surface area (Å²) in [6.07, 6.45) is 24.1. The first kappa shape index (κ1) is 49.9. The summed E-state index contributed by atoms with van der Waals surface area (Å²) in [4.78, 5) is 12.9. The third-order valence-electron chi connectivity index (χ3n) is 10.1. The highest BCUT2D eigenvalue weighted by molar-refractivity contribution is 7.80. The number of aliphatic hydroxyl groups is 4. The largest absolute Gasteiger partial charge is 0.397 e. The van der Waals surface area contributed by atoms with E-state index < -0.39 is 59.9 Å². The van der Waals surface area contributed by atoms with E-state index >= 15 is 0 Å². The summed E-state index contributed by atoms with van der Waals surface area (Å²) in [7, 11) is -5.08. The van der Waals surface area contributed by atoms with Gasteiger partial charge in [-0.2, -0.15) is 8.42 Å². The highest BCUT2D eigenvalue weighted by Crippen LogP contribution is 2.26. The maximum Gasteiger partial charge on any atom is 0.397 e. The molecule has 1 aliphatic rings. The van der Waals surface area contributed by atoms with Gasteiger partial charge in [-0.05, 0) is 19.3 Å². The van der Waals surface area contributed by atoms with E-state index in [2.05, 4.69) is 23.3 Å². The zero-order valence-corrected chi connectivity index (χ0v) is 33.9. The summed E-state index contributed by atoms with van der Waals surface area (Å²) in [5.41, 5.74) is 0. The predicted octanol–water partition coefficient (Wildman–Crippen LogP) is 7.21. The third-order valence-corrected chi connectivity index (χ3v) is 10.5. The van der Waals surface area contributed by atoms with Gasteiger partial charge < -0.3 is 35.2 Å². The summed E-state index contributed by atoms with van der Waals surface area (Å²) in [5, 5.41) is 44.5. The number of unbranched alkanes of at least 4 members (excludes halogenated alkanes) is 23. The molecule has 314 valence electrons. The molecule has 0 spiro atoms. The second-order valence-electron chi connectivity index (χ2n) is 14.9. The van der Waals surface area contributed by atoms with Crippen molar-refractivity contribution in [3.05, 3.63) is 12.2 Å². The number of hydrogen-bond acceptors (Lipinski definition) is 10. The van der Waals surface area contributed by atoms with E-state index in [1.807, 2.05) is 6.08 Å². The second-order valence-corrected chi connectivity index (χ2v) is 16.0. The Morgan fingerprint density at radius 2 is 1.19 bits per heavy atom. The lowest BCUT2D eigenvalue weighted by atomic mass is 9.99. The van der Waals surface area contributed by atoms with Gasteiger partial charge in [-0.3, -0.25) is 9.35 Å². The van der Waals surface area contributed by atoms with Gasteiger partial charge in [-0.25, -0.2) is 4.18 Å². The molecular weight excluding hydrogens is 703 g/mol. The SMILES string of the molecule is CCCCCCCCCCCCCCCCC/C=C/C(O)C(COC1OC(CO)C(O)C(OS(=O)(=O)O)C1O)NC(=O)CCCCCCCCCCC. The minimum absolute atomic E-state index is 0.266. The lowest BCUT2D eigenvalue weighted by Crippen LogP contribution is -2.61. The molecule has 1 aliphatic heterocycles. The molecule has 0 radical (unpaired) electrons. The van der Waals surface area contributed by atoms with E-state index in [1.54, 1.807) is 6.08 Å². The van der Waals surface area contributed by atoms with Gasteiger partial charge in [0, 0.05) is 6.42 Å². The second kappa shape index (κ2) is 32.0. The van der Waals surface area contributed by atoms with Crippen molar-refractivity contribution in [2.45, 2.75) is 224 Å². The molecule has 0 aromatic rings. The highest BCUT2D eigenvalue weighted by atomic mass is 32.3. The van der Waals surface area contributed by atoms with Gasteiger partial charge in [0.1, 0.15) is 24.4 Å². The monoisotopic (exact) mass is 780 g/mol. The highest BCUT2D eigenvalue weighted by Gasteiger charge is 2.48. The van der Waals surface area contributed by atoms with Crippen molar-refractivity contribution >= 4 is 16.3 Å². The molecule has 0 saturated carbocycles. The van der Waals surface area contributed by atoms with Gasteiger partial charge in [0.2, 0.25) is 5.91 Å². The minimum atomic E-state index is -5.08. The number of allylic oxidation sites excluding steroid dienone is 1. The quantitative estimate of drug-likeness (QED) is 0.0216. The fraction of sp³-hybridized carbons (Fsp3) is 0.925. The molecule has 1 fully saturated rings. The number of rotatable bonds is 35. The Bertz CT molecular complexity index is 1010. The summed E-state index contributed by atoms with van der Waals surface area (Å²) in [6, 6.07) is -0.936. The maximum atomic E-state index is 12.9. The molecule has 0 bridgehead atoms. The van der Waals surface area contributed by atoms with E-state index in [0.717, 1.165) is 38.5 Å². The molecule has 1 rings (SSSR count). The van der Waals surface area contributed by atoms with E-state index in [0.29, 0.717) is 6.42 Å². The fourth-order valence-corrected chi connectivity index (χ4v) is 7.26. The molecular formula is C40H77NO11S. The van der Waals surface area contributed by atoms with Crippen molar-refractivity contribution in [1.29, 1.82) is 0 Å². The smallest absolute Gasteiger partial charge is 0.394 e. The topological polar surface area (TPSA) is 192 Å². The van der Waals surface area contributed by atoms with Gasteiger partial charge in [0.15, 0.2) is 6.29 Å². The van der Waals surface area contributed by atoms with Gasteiger partial charge in [-0.15, -0.1) is 0 Å². The average Bonchev–Trinajstić information content (AvgIpc) is 3.12. The van der Waals surface area contributed by atoms with Crippen molar-refractivity contribution < 1.29 is 51.8 Å². The van der Waals surface area contributed by atoms with E-state index in [-0.39, 0.29) is 18.9 Å². The summed E-state index contributed by atoms with van der Waals surface area (Å²) in [5.74, 6) is -0.266. The molecule has 12 nitrogen and oxygen atoms in total. The third kappa shape index (κ3) is 25.6. The van der Waals surface area contributed by atoms with Gasteiger partial charge in [0.05, 0.1) is 25.4 Å². The van der Waals surface area contributed by atoms with Crippen LogP contribution in [0.1, 0.15) is 181 Å². The van der Waals surface area contributed by atoms with E-state index in [1.165, 1.54) is 116 Å². The number of nitrogens with one attached hydrogen (secondary N) is 1. The number of ether oxygens (including phenoxy) is 2. The van der Waals surface area contributed by atoms with Crippen LogP contribution in [-0.4, -0.2) is 95.4 Å². The van der Waals surface area contributed by atoms with Crippen molar-refractivity contribution in [2.24, 2.45) is 0 Å². The Hall–Kier alpha value is -1.16. The van der Waals surface area contributed by atoms with Crippen LogP contribution < -0.4 is 5.32 Å². The van der Waals surface area contributed by atoms with Gasteiger partial charge in [0.25, 0.3) is 0 Å². The number of hydrogen-bond donors (Lipinski definition) is 6. The van der Waals surface area contributed by atoms with Crippen LogP contribution in [0.25, 0.3) is 0 Å². The van der Waals surface area contributed by atoms with Crippen LogP contribution in [0.5, 0.6) is 0 Å². The number of carbonyl (C=O) groups excluding carboxylic acids is 1. The van der Waals surface area contributed by atoms with E-state index in [9.17, 15) is 33.6 Å². The molecule has 7 unspecified atom stereocenters. The van der Waals surface area contributed by atoms with Crippen molar-refractivity contribution in [3.63, 3.8) is 0 Å². The molecule has 6 N–H and O–H groups in total. The Labute approximate surface area is 321 Å². The Balaban J connectivity index is 2.56. The molecule has 1 heterocycles. The molecule has 7 atom stereocenters. The molecule has 0 aromatic carbocycles. The van der Waals surface area contributed by atoms with Crippen LogP contribution in [0.15, 0.2) is 12.2 Å². The van der Waals surface area contributed by atoms with Crippen LogP contribution in [0.3, 0.4) is 0 Å². The van der Waals surface area contributed by atoms with Crippen molar-refractivity contribution in [1.82, 2.24) is 5.32 Å². The average molecular weight is 780 g/mol. The maximum absolute atomic E-state index is 12.9. The zero-order valence-electron chi connectivity index (χ0n) is 33.1. The van der Waals surface area contributed by atoms with Crippen LogP contribution in [0.2, 0.25) is 0 Å². The zero-order chi connectivity index (χ0) is 39.2. The van der Waals surface area contributed by atoms with Crippen LogP contribution in [-0.2, 0) is 28.9 Å². The first-order valence-electron chi connectivity index (χ1n) is 21.1. The summed E-state index contributed by atoms with van der Waals surface area (Å²) in [6.45, 7) is 3.34. The Kier molecular flexibility index (Phi) is 30.1. The van der Waals surface area contributed by atoms with Gasteiger partial charge >= 0.3 is 10.4 Å². The molecule has 0 aliphatic carbocycles. The van der Waals surface area contributed by atoms with E-state index in [4.69, 9.17) is 14.0 Å². The standard InChI is InChI=1S/C40H77NO11S/c1-3-5-7-9-11-13-14-15-16-17-18-19-20-22-23-25-27-29-34(43)33(41-36(44)30-28-26-24-21-12-10-8-6-4-2)32-50-40-38(46)39(52-53(47,48)49)37(45)35(31-42)51-40/h27,29,33-35,37-40,42-43,45-46H,3-26,28,30-32H2,1-2H3,(H,41,44)(H,47,48,49)/b29-27+. The van der Waals surface area contributed by atoms with Gasteiger partial charge in [-0.1, -0.05) is 167 Å². The molecule has 0 aromatic heterocycles.